The van der Waals surface area contributed by atoms with Crippen molar-refractivity contribution >= 4 is 23.2 Å². The van der Waals surface area contributed by atoms with Crippen molar-refractivity contribution in [3.8, 4) is 0 Å². The molecule has 0 aromatic heterocycles. The second-order valence-electron chi connectivity index (χ2n) is 8.16. The van der Waals surface area contributed by atoms with Gasteiger partial charge >= 0.3 is 0 Å². The summed E-state index contributed by atoms with van der Waals surface area (Å²) in [7, 11) is 0. The van der Waals surface area contributed by atoms with E-state index >= 15 is 0 Å². The van der Waals surface area contributed by atoms with Crippen LogP contribution in [0, 0.1) is 5.82 Å². The molecule has 2 amide bonds. The topological polar surface area (TPSA) is 101 Å². The summed E-state index contributed by atoms with van der Waals surface area (Å²) >= 11 is 0. The molecule has 7 heteroatoms. The van der Waals surface area contributed by atoms with Gasteiger partial charge in [-0.05, 0) is 54.3 Å². The quantitative estimate of drug-likeness (QED) is 0.516. The Morgan fingerprint density at radius 3 is 2.33 bits per heavy atom. The van der Waals surface area contributed by atoms with Crippen LogP contribution in [0.4, 0.5) is 15.8 Å². The van der Waals surface area contributed by atoms with Crippen LogP contribution in [0.3, 0.4) is 0 Å². The van der Waals surface area contributed by atoms with Crippen molar-refractivity contribution in [2.75, 3.05) is 16.8 Å². The number of benzene rings is 3. The summed E-state index contributed by atoms with van der Waals surface area (Å²) in [6.07, 6.45) is 2.39. The fraction of sp³-hybridized carbons (Fsp3) is 0.231. The molecular weight excluding hydrogens is 419 g/mol. The first-order valence-electron chi connectivity index (χ1n) is 11.0. The zero-order chi connectivity index (χ0) is 23.4. The molecule has 6 nitrogen and oxygen atoms in total. The Balaban J connectivity index is 1.80. The lowest BCUT2D eigenvalue weighted by atomic mass is 9.81. The van der Waals surface area contributed by atoms with Gasteiger partial charge in [-0.2, -0.15) is 0 Å². The second kappa shape index (κ2) is 9.42. The molecule has 170 valence electrons. The Morgan fingerprint density at radius 2 is 1.70 bits per heavy atom. The maximum Gasteiger partial charge on any atom is 0.252 e. The fourth-order valence-electron chi connectivity index (χ4n) is 4.34. The molecule has 1 unspecified atom stereocenters. The predicted molar refractivity (Wildman–Crippen MR) is 127 cm³/mol. The molecule has 0 saturated carbocycles. The predicted octanol–water partition coefficient (Wildman–Crippen LogP) is 3.64. The van der Waals surface area contributed by atoms with Gasteiger partial charge in [0.05, 0.1) is 0 Å². The van der Waals surface area contributed by atoms with Gasteiger partial charge in [-0.3, -0.25) is 9.59 Å². The van der Waals surface area contributed by atoms with Gasteiger partial charge in [-0.15, -0.1) is 0 Å². The molecule has 1 aliphatic rings. The molecule has 1 saturated heterocycles. The standard InChI is InChI=1S/C26H27FN4O2/c27-23-14-11-21(16-18(23)17-28)30-26(25(29)33,19-6-2-1-3-7-19)20-9-12-22(13-10-20)31-15-5-4-8-24(31)32/h1-3,6-7,9-14,16,30H,4-5,8,15,17,28H2,(H2,29,33). The number of carbonyl (C=O) groups excluding carboxylic acids is 2. The normalized spacial score (nSPS) is 15.7. The Labute approximate surface area is 192 Å². The largest absolute Gasteiger partial charge is 0.367 e. The molecule has 1 atom stereocenters. The number of hydrogen-bond acceptors (Lipinski definition) is 4. The summed E-state index contributed by atoms with van der Waals surface area (Å²) in [5.74, 6) is -0.936. The van der Waals surface area contributed by atoms with Crippen molar-refractivity contribution in [1.82, 2.24) is 0 Å². The third-order valence-electron chi connectivity index (χ3n) is 6.11. The monoisotopic (exact) mass is 446 g/mol. The Kier molecular flexibility index (Phi) is 6.42. The zero-order valence-corrected chi connectivity index (χ0v) is 18.3. The van der Waals surface area contributed by atoms with E-state index in [9.17, 15) is 14.0 Å². The number of rotatable bonds is 7. The van der Waals surface area contributed by atoms with Crippen LogP contribution in [-0.2, 0) is 21.7 Å². The highest BCUT2D eigenvalue weighted by Gasteiger charge is 2.41. The number of piperidine rings is 1. The Bertz CT molecular complexity index is 1150. The van der Waals surface area contributed by atoms with Gasteiger partial charge in [-0.25, -0.2) is 4.39 Å². The second-order valence-corrected chi connectivity index (χ2v) is 8.16. The molecule has 4 rings (SSSR count). The lowest BCUT2D eigenvalue weighted by Gasteiger charge is -2.35. The molecule has 0 aliphatic carbocycles. The number of anilines is 2. The third-order valence-corrected chi connectivity index (χ3v) is 6.11. The van der Waals surface area contributed by atoms with Crippen LogP contribution in [0.5, 0.6) is 0 Å². The highest BCUT2D eigenvalue weighted by Crippen LogP contribution is 2.35. The molecule has 1 aliphatic heterocycles. The van der Waals surface area contributed by atoms with Gasteiger partial charge in [0.15, 0.2) is 5.54 Å². The van der Waals surface area contributed by atoms with Crippen molar-refractivity contribution in [2.45, 2.75) is 31.3 Å². The number of primary amides is 1. The molecule has 0 radical (unpaired) electrons. The molecule has 3 aromatic rings. The van der Waals surface area contributed by atoms with Gasteiger partial charge in [0.2, 0.25) is 5.91 Å². The van der Waals surface area contributed by atoms with Crippen LogP contribution >= 0.6 is 0 Å². The Hall–Kier alpha value is -3.71. The number of amides is 2. The summed E-state index contributed by atoms with van der Waals surface area (Å²) in [4.78, 5) is 27.2. The van der Waals surface area contributed by atoms with E-state index in [-0.39, 0.29) is 12.5 Å². The zero-order valence-electron chi connectivity index (χ0n) is 18.3. The summed E-state index contributed by atoms with van der Waals surface area (Å²) in [6, 6.07) is 20.8. The SMILES string of the molecule is NCc1cc(NC(C(N)=O)(c2ccccc2)c2ccc(N3CCCCC3=O)cc2)ccc1F. The highest BCUT2D eigenvalue weighted by atomic mass is 19.1. The van der Waals surface area contributed by atoms with E-state index < -0.39 is 17.3 Å². The molecule has 1 heterocycles. The van der Waals surface area contributed by atoms with E-state index in [0.29, 0.717) is 35.3 Å². The summed E-state index contributed by atoms with van der Waals surface area (Å²) < 4.78 is 14.0. The first-order valence-corrected chi connectivity index (χ1v) is 11.0. The van der Waals surface area contributed by atoms with Crippen LogP contribution < -0.4 is 21.7 Å². The van der Waals surface area contributed by atoms with Gasteiger partial charge in [0.25, 0.3) is 5.91 Å². The van der Waals surface area contributed by atoms with Crippen LogP contribution in [0.25, 0.3) is 0 Å². The molecular formula is C26H27FN4O2. The average molecular weight is 447 g/mol. The maximum atomic E-state index is 14.0. The molecule has 33 heavy (non-hydrogen) atoms. The number of halogens is 1. The number of hydrogen-bond donors (Lipinski definition) is 3. The van der Waals surface area contributed by atoms with E-state index in [1.807, 2.05) is 42.5 Å². The molecule has 3 aromatic carbocycles. The minimum absolute atomic E-state index is 0.0226. The lowest BCUT2D eigenvalue weighted by molar-refractivity contribution is -0.121. The van der Waals surface area contributed by atoms with Gasteiger partial charge in [-0.1, -0.05) is 42.5 Å². The van der Waals surface area contributed by atoms with Crippen molar-refractivity contribution in [2.24, 2.45) is 11.5 Å². The van der Waals surface area contributed by atoms with Gasteiger partial charge < -0.3 is 21.7 Å². The van der Waals surface area contributed by atoms with E-state index in [1.165, 1.54) is 6.07 Å². The first-order chi connectivity index (χ1) is 16.0. The minimum Gasteiger partial charge on any atom is -0.367 e. The van der Waals surface area contributed by atoms with Crippen LogP contribution in [0.2, 0.25) is 0 Å². The van der Waals surface area contributed by atoms with Crippen molar-refractivity contribution < 1.29 is 14.0 Å². The maximum absolute atomic E-state index is 14.0. The molecule has 5 N–H and O–H groups in total. The fourth-order valence-corrected chi connectivity index (χ4v) is 4.34. The van der Waals surface area contributed by atoms with E-state index in [0.717, 1.165) is 18.5 Å². The third kappa shape index (κ3) is 4.32. The molecule has 0 bridgehead atoms. The van der Waals surface area contributed by atoms with Crippen LogP contribution in [-0.4, -0.2) is 18.4 Å². The van der Waals surface area contributed by atoms with Gasteiger partial charge in [0.1, 0.15) is 5.82 Å². The number of nitrogens with one attached hydrogen (secondary N) is 1. The first kappa shape index (κ1) is 22.5. The van der Waals surface area contributed by atoms with E-state index in [4.69, 9.17) is 11.5 Å². The number of nitrogens with zero attached hydrogens (tertiary/aromatic N) is 1. The minimum atomic E-state index is -1.42. The summed E-state index contributed by atoms with van der Waals surface area (Å²) in [5.41, 5.74) is 13.1. The Morgan fingerprint density at radius 1 is 1.00 bits per heavy atom. The highest BCUT2D eigenvalue weighted by molar-refractivity contribution is 5.95. The van der Waals surface area contributed by atoms with Crippen molar-refractivity contribution in [3.05, 3.63) is 95.3 Å². The van der Waals surface area contributed by atoms with Crippen LogP contribution in [0.1, 0.15) is 36.0 Å². The van der Waals surface area contributed by atoms with E-state index in [1.54, 1.807) is 29.2 Å². The lowest BCUT2D eigenvalue weighted by Crippen LogP contribution is -2.48. The number of nitrogens with two attached hydrogens (primary N) is 2. The van der Waals surface area contributed by atoms with Crippen molar-refractivity contribution in [1.29, 1.82) is 0 Å². The molecule has 0 spiro atoms. The number of carbonyl (C=O) groups is 2. The summed E-state index contributed by atoms with van der Waals surface area (Å²) in [5, 5.41) is 3.26. The molecule has 1 fully saturated rings. The van der Waals surface area contributed by atoms with E-state index in [2.05, 4.69) is 5.32 Å². The van der Waals surface area contributed by atoms with Gasteiger partial charge in [0, 0.05) is 36.4 Å². The summed E-state index contributed by atoms with van der Waals surface area (Å²) in [6.45, 7) is 0.697. The smallest absolute Gasteiger partial charge is 0.252 e. The van der Waals surface area contributed by atoms with Crippen LogP contribution in [0.15, 0.2) is 72.8 Å². The van der Waals surface area contributed by atoms with Crippen molar-refractivity contribution in [3.63, 3.8) is 0 Å². The average Bonchev–Trinajstić information content (AvgIpc) is 2.84.